The van der Waals surface area contributed by atoms with Crippen molar-refractivity contribution in [3.8, 4) is 0 Å². The molecule has 2 heteroatoms. The molecule has 0 aliphatic rings. The van der Waals surface area contributed by atoms with Crippen LogP contribution in [0.1, 0.15) is 114 Å². The zero-order chi connectivity index (χ0) is 18.9. The molecule has 1 rings (SSSR count). The van der Waals surface area contributed by atoms with Crippen LogP contribution in [0, 0.1) is 5.41 Å². The highest BCUT2D eigenvalue weighted by molar-refractivity contribution is 5.96. The third-order valence-corrected chi connectivity index (χ3v) is 5.36. The molecule has 1 aromatic rings. The van der Waals surface area contributed by atoms with Crippen molar-refractivity contribution in [2.75, 3.05) is 0 Å². The number of hydrogen-bond donors (Lipinski definition) is 2. The molecule has 3 N–H and O–H groups in total. The molecule has 0 amide bonds. The molecule has 0 saturated carbocycles. The van der Waals surface area contributed by atoms with Crippen molar-refractivity contribution in [3.63, 3.8) is 0 Å². The van der Waals surface area contributed by atoms with Gasteiger partial charge in [0.1, 0.15) is 5.84 Å². The van der Waals surface area contributed by atoms with Crippen molar-refractivity contribution in [1.82, 2.24) is 0 Å². The number of nitrogens with two attached hydrogens (primary N) is 1. The fourth-order valence-corrected chi connectivity index (χ4v) is 3.69. The number of rotatable bonds is 17. The van der Waals surface area contributed by atoms with Crippen LogP contribution in [0.25, 0.3) is 0 Å². The molecule has 26 heavy (non-hydrogen) atoms. The van der Waals surface area contributed by atoms with Gasteiger partial charge in [0.25, 0.3) is 0 Å². The van der Waals surface area contributed by atoms with E-state index in [9.17, 15) is 0 Å². The summed E-state index contributed by atoms with van der Waals surface area (Å²) in [7, 11) is 0. The molecule has 0 fully saturated rings. The van der Waals surface area contributed by atoms with Crippen LogP contribution in [0.5, 0.6) is 0 Å². The predicted octanol–water partition coefficient (Wildman–Crippen LogP) is 7.38. The van der Waals surface area contributed by atoms with Gasteiger partial charge in [-0.05, 0) is 18.4 Å². The van der Waals surface area contributed by atoms with Gasteiger partial charge in [-0.15, -0.1) is 0 Å². The molecule has 0 aliphatic carbocycles. The van der Waals surface area contributed by atoms with Gasteiger partial charge in [0.15, 0.2) is 0 Å². The monoisotopic (exact) mass is 358 g/mol. The molecule has 0 saturated heterocycles. The summed E-state index contributed by atoms with van der Waals surface area (Å²) in [5, 5.41) is 7.64. The first-order valence-electron chi connectivity index (χ1n) is 11.2. The normalized spacial score (nSPS) is 11.0. The molecular weight excluding hydrogens is 316 g/mol. The van der Waals surface area contributed by atoms with Gasteiger partial charge in [0, 0.05) is 5.56 Å². The lowest BCUT2D eigenvalue weighted by atomic mass is 9.99. The summed E-state index contributed by atoms with van der Waals surface area (Å²) in [6.07, 6.45) is 22.0. The Bertz CT molecular complexity index is 467. The highest BCUT2D eigenvalue weighted by atomic mass is 14.7. The lowest BCUT2D eigenvalue weighted by Gasteiger charge is -2.08. The van der Waals surface area contributed by atoms with E-state index in [-0.39, 0.29) is 5.84 Å². The molecule has 0 unspecified atom stereocenters. The zero-order valence-electron chi connectivity index (χ0n) is 17.2. The summed E-state index contributed by atoms with van der Waals surface area (Å²) in [6, 6.07) is 8.09. The fourth-order valence-electron chi connectivity index (χ4n) is 3.69. The molecule has 0 radical (unpaired) electrons. The van der Waals surface area contributed by atoms with Crippen molar-refractivity contribution in [3.05, 3.63) is 35.4 Å². The third-order valence-electron chi connectivity index (χ3n) is 5.36. The Morgan fingerprint density at radius 1 is 0.692 bits per heavy atom. The summed E-state index contributed by atoms with van der Waals surface area (Å²) in [6.45, 7) is 2.29. The number of nitrogens with one attached hydrogen (secondary N) is 1. The van der Waals surface area contributed by atoms with Crippen molar-refractivity contribution < 1.29 is 0 Å². The molecule has 0 spiro atoms. The Morgan fingerprint density at radius 3 is 1.58 bits per heavy atom. The van der Waals surface area contributed by atoms with Gasteiger partial charge in [0.05, 0.1) is 0 Å². The molecule has 1 aromatic carbocycles. The molecule has 148 valence electrons. The van der Waals surface area contributed by atoms with Crippen LogP contribution in [0.15, 0.2) is 24.3 Å². The standard InChI is InChI=1S/C24H42N2/c1-2-3-4-5-6-7-8-9-10-11-12-13-14-15-16-19-22-20-17-18-21-23(22)24(25)26/h17-18,20-21H,2-16,19H2,1H3,(H3,25,26). The zero-order valence-corrected chi connectivity index (χ0v) is 17.2. The first-order valence-corrected chi connectivity index (χ1v) is 11.2. The van der Waals surface area contributed by atoms with E-state index in [1.165, 1.54) is 102 Å². The van der Waals surface area contributed by atoms with Crippen LogP contribution in [-0.2, 0) is 6.42 Å². The Morgan fingerprint density at radius 2 is 1.12 bits per heavy atom. The minimum absolute atomic E-state index is 0.196. The van der Waals surface area contributed by atoms with Gasteiger partial charge in [-0.2, -0.15) is 0 Å². The van der Waals surface area contributed by atoms with E-state index in [0.717, 1.165) is 12.0 Å². The number of aryl methyl sites for hydroxylation is 1. The van der Waals surface area contributed by atoms with E-state index in [4.69, 9.17) is 11.1 Å². The average Bonchev–Trinajstić information content (AvgIpc) is 2.65. The second-order valence-corrected chi connectivity index (χ2v) is 7.77. The molecule has 0 aliphatic heterocycles. The lowest BCUT2D eigenvalue weighted by molar-refractivity contribution is 0.532. The number of nitrogen functional groups attached to an aromatic ring is 1. The maximum absolute atomic E-state index is 7.64. The number of benzene rings is 1. The number of amidine groups is 1. The van der Waals surface area contributed by atoms with Crippen LogP contribution in [0.3, 0.4) is 0 Å². The maximum atomic E-state index is 7.64. The summed E-state index contributed by atoms with van der Waals surface area (Å²) >= 11 is 0. The summed E-state index contributed by atoms with van der Waals surface area (Å²) < 4.78 is 0. The van der Waals surface area contributed by atoms with E-state index in [0.29, 0.717) is 0 Å². The Balaban J connectivity index is 1.88. The predicted molar refractivity (Wildman–Crippen MR) is 116 cm³/mol. The molecular formula is C24H42N2. The van der Waals surface area contributed by atoms with Crippen LogP contribution < -0.4 is 5.73 Å². The van der Waals surface area contributed by atoms with Crippen LogP contribution in [0.4, 0.5) is 0 Å². The summed E-state index contributed by atoms with van der Waals surface area (Å²) in [5.74, 6) is 0.196. The van der Waals surface area contributed by atoms with E-state index in [2.05, 4.69) is 13.0 Å². The van der Waals surface area contributed by atoms with Crippen molar-refractivity contribution >= 4 is 5.84 Å². The SMILES string of the molecule is CCCCCCCCCCCCCCCCCc1ccccc1C(=N)N. The van der Waals surface area contributed by atoms with Crippen LogP contribution in [-0.4, -0.2) is 5.84 Å². The van der Waals surface area contributed by atoms with E-state index in [1.807, 2.05) is 18.2 Å². The van der Waals surface area contributed by atoms with Gasteiger partial charge >= 0.3 is 0 Å². The van der Waals surface area contributed by atoms with E-state index >= 15 is 0 Å². The third kappa shape index (κ3) is 11.3. The van der Waals surface area contributed by atoms with E-state index in [1.54, 1.807) is 0 Å². The van der Waals surface area contributed by atoms with Crippen molar-refractivity contribution in [2.24, 2.45) is 5.73 Å². The van der Waals surface area contributed by atoms with E-state index < -0.39 is 0 Å². The first-order chi connectivity index (χ1) is 12.8. The number of hydrogen-bond acceptors (Lipinski definition) is 1. The van der Waals surface area contributed by atoms with Crippen LogP contribution >= 0.6 is 0 Å². The summed E-state index contributed by atoms with van der Waals surface area (Å²) in [4.78, 5) is 0. The second kappa shape index (κ2) is 15.9. The summed E-state index contributed by atoms with van der Waals surface area (Å²) in [5.41, 5.74) is 7.80. The molecule has 0 bridgehead atoms. The Hall–Kier alpha value is -1.31. The second-order valence-electron chi connectivity index (χ2n) is 7.77. The lowest BCUT2D eigenvalue weighted by Crippen LogP contribution is -2.13. The molecule has 2 nitrogen and oxygen atoms in total. The Kier molecular flexibility index (Phi) is 13.9. The van der Waals surface area contributed by atoms with Gasteiger partial charge in [-0.1, -0.05) is 121 Å². The largest absolute Gasteiger partial charge is 0.384 e. The minimum atomic E-state index is 0.196. The Labute approximate surface area is 162 Å². The number of unbranched alkanes of at least 4 members (excludes halogenated alkanes) is 14. The smallest absolute Gasteiger partial charge is 0.123 e. The topological polar surface area (TPSA) is 49.9 Å². The van der Waals surface area contributed by atoms with Gasteiger partial charge in [-0.25, -0.2) is 0 Å². The first kappa shape index (κ1) is 22.7. The van der Waals surface area contributed by atoms with Gasteiger partial charge in [0.2, 0.25) is 0 Å². The maximum Gasteiger partial charge on any atom is 0.123 e. The minimum Gasteiger partial charge on any atom is -0.384 e. The molecule has 0 heterocycles. The van der Waals surface area contributed by atoms with Gasteiger partial charge < -0.3 is 5.73 Å². The molecule has 0 atom stereocenters. The van der Waals surface area contributed by atoms with Crippen molar-refractivity contribution in [1.29, 1.82) is 5.41 Å². The highest BCUT2D eigenvalue weighted by Crippen LogP contribution is 2.15. The fraction of sp³-hybridized carbons (Fsp3) is 0.708. The molecule has 0 aromatic heterocycles. The quantitative estimate of drug-likeness (QED) is 0.170. The average molecular weight is 359 g/mol. The highest BCUT2D eigenvalue weighted by Gasteiger charge is 2.03. The van der Waals surface area contributed by atoms with Crippen LogP contribution in [0.2, 0.25) is 0 Å². The van der Waals surface area contributed by atoms with Crippen molar-refractivity contribution in [2.45, 2.75) is 110 Å². The van der Waals surface area contributed by atoms with Gasteiger partial charge in [-0.3, -0.25) is 5.41 Å².